The molecular formula is C16H16FN3O2. The number of benzene rings is 1. The van der Waals surface area contributed by atoms with Crippen LogP contribution in [0.25, 0.3) is 0 Å². The summed E-state index contributed by atoms with van der Waals surface area (Å²) < 4.78 is 12.7. The van der Waals surface area contributed by atoms with E-state index in [-0.39, 0.29) is 24.2 Å². The van der Waals surface area contributed by atoms with Gasteiger partial charge in [-0.05, 0) is 36.2 Å². The Morgan fingerprint density at radius 1 is 1.09 bits per heavy atom. The van der Waals surface area contributed by atoms with Crippen molar-refractivity contribution < 1.29 is 14.0 Å². The minimum absolute atomic E-state index is 0.100. The first-order chi connectivity index (χ1) is 10.6. The molecule has 0 aliphatic rings. The smallest absolute Gasteiger partial charge is 0.253 e. The van der Waals surface area contributed by atoms with E-state index in [9.17, 15) is 14.0 Å². The Hall–Kier alpha value is -2.76. The van der Waals surface area contributed by atoms with Crippen LogP contribution in [0, 0.1) is 5.82 Å². The number of pyridine rings is 1. The van der Waals surface area contributed by atoms with Crippen molar-refractivity contribution >= 4 is 11.8 Å². The number of hydrogen-bond acceptors (Lipinski definition) is 3. The molecule has 1 aromatic carbocycles. The molecule has 0 bridgehead atoms. The van der Waals surface area contributed by atoms with Crippen LogP contribution in [0.4, 0.5) is 4.39 Å². The monoisotopic (exact) mass is 301 g/mol. The summed E-state index contributed by atoms with van der Waals surface area (Å²) in [4.78, 5) is 27.2. The third-order valence-electron chi connectivity index (χ3n) is 2.98. The molecule has 1 aromatic heterocycles. The van der Waals surface area contributed by atoms with Crippen LogP contribution in [0.15, 0.2) is 48.8 Å². The van der Waals surface area contributed by atoms with Gasteiger partial charge in [0, 0.05) is 18.9 Å². The fraction of sp³-hybridized carbons (Fsp3) is 0.188. The average Bonchev–Trinajstić information content (AvgIpc) is 2.55. The lowest BCUT2D eigenvalue weighted by atomic mass is 10.1. The molecule has 1 heterocycles. The molecule has 5 nitrogen and oxygen atoms in total. The van der Waals surface area contributed by atoms with Gasteiger partial charge in [0.15, 0.2) is 0 Å². The standard InChI is InChI=1S/C16H16FN3O2/c17-14-5-3-12(4-6-14)7-9-19-15(21)11-20-16(22)13-2-1-8-18-10-13/h1-6,8,10H,7,9,11H2,(H,19,21)(H,20,22). The van der Waals surface area contributed by atoms with Gasteiger partial charge < -0.3 is 10.6 Å². The molecule has 0 radical (unpaired) electrons. The molecular weight excluding hydrogens is 285 g/mol. The number of rotatable bonds is 6. The highest BCUT2D eigenvalue weighted by atomic mass is 19.1. The van der Waals surface area contributed by atoms with E-state index in [1.165, 1.54) is 18.3 Å². The maximum absolute atomic E-state index is 12.7. The van der Waals surface area contributed by atoms with Gasteiger partial charge in [-0.1, -0.05) is 12.1 Å². The second-order valence-electron chi connectivity index (χ2n) is 4.65. The zero-order valence-electron chi connectivity index (χ0n) is 11.9. The van der Waals surface area contributed by atoms with Crippen LogP contribution in [-0.2, 0) is 11.2 Å². The van der Waals surface area contributed by atoms with Gasteiger partial charge in [0.1, 0.15) is 5.82 Å². The van der Waals surface area contributed by atoms with Crippen molar-refractivity contribution in [2.45, 2.75) is 6.42 Å². The molecule has 2 amide bonds. The Kier molecular flexibility index (Phi) is 5.59. The molecule has 0 aliphatic carbocycles. The van der Waals surface area contributed by atoms with E-state index < -0.39 is 0 Å². The van der Waals surface area contributed by atoms with Gasteiger partial charge in [-0.15, -0.1) is 0 Å². The van der Waals surface area contributed by atoms with Gasteiger partial charge >= 0.3 is 0 Å². The molecule has 2 aromatic rings. The van der Waals surface area contributed by atoms with Crippen molar-refractivity contribution in [3.8, 4) is 0 Å². The Labute approximate surface area is 127 Å². The van der Waals surface area contributed by atoms with Crippen LogP contribution < -0.4 is 10.6 Å². The molecule has 0 atom stereocenters. The van der Waals surface area contributed by atoms with Crippen molar-refractivity contribution in [3.63, 3.8) is 0 Å². The average molecular weight is 301 g/mol. The molecule has 114 valence electrons. The van der Waals surface area contributed by atoms with Crippen molar-refractivity contribution in [2.75, 3.05) is 13.1 Å². The van der Waals surface area contributed by atoms with Crippen molar-refractivity contribution in [1.82, 2.24) is 15.6 Å². The molecule has 0 aliphatic heterocycles. The number of carbonyl (C=O) groups is 2. The maximum Gasteiger partial charge on any atom is 0.253 e. The summed E-state index contributed by atoms with van der Waals surface area (Å²) in [5, 5.41) is 5.20. The highest BCUT2D eigenvalue weighted by Crippen LogP contribution is 2.02. The third-order valence-corrected chi connectivity index (χ3v) is 2.98. The van der Waals surface area contributed by atoms with Gasteiger partial charge in [-0.3, -0.25) is 14.6 Å². The zero-order valence-corrected chi connectivity index (χ0v) is 11.9. The molecule has 22 heavy (non-hydrogen) atoms. The molecule has 0 saturated heterocycles. The minimum Gasteiger partial charge on any atom is -0.354 e. The first kappa shape index (κ1) is 15.6. The summed E-state index contributed by atoms with van der Waals surface area (Å²) >= 11 is 0. The Morgan fingerprint density at radius 2 is 1.86 bits per heavy atom. The lowest BCUT2D eigenvalue weighted by Gasteiger charge is -2.07. The predicted molar refractivity (Wildman–Crippen MR) is 79.7 cm³/mol. The summed E-state index contributed by atoms with van der Waals surface area (Å²) in [6.07, 6.45) is 3.60. The number of amides is 2. The van der Waals surface area contributed by atoms with Crippen molar-refractivity contribution in [1.29, 1.82) is 0 Å². The molecule has 0 fully saturated rings. The van der Waals surface area contributed by atoms with E-state index in [2.05, 4.69) is 15.6 Å². The summed E-state index contributed by atoms with van der Waals surface area (Å²) in [7, 11) is 0. The van der Waals surface area contributed by atoms with Gasteiger partial charge in [0.2, 0.25) is 5.91 Å². The molecule has 2 N–H and O–H groups in total. The molecule has 6 heteroatoms. The molecule has 0 unspecified atom stereocenters. The zero-order chi connectivity index (χ0) is 15.8. The van der Waals surface area contributed by atoms with E-state index in [0.29, 0.717) is 18.5 Å². The minimum atomic E-state index is -0.346. The van der Waals surface area contributed by atoms with E-state index in [0.717, 1.165) is 5.56 Å². The second-order valence-corrected chi connectivity index (χ2v) is 4.65. The van der Waals surface area contributed by atoms with Crippen LogP contribution in [-0.4, -0.2) is 29.9 Å². The lowest BCUT2D eigenvalue weighted by molar-refractivity contribution is -0.120. The summed E-state index contributed by atoms with van der Waals surface area (Å²) in [6, 6.07) is 9.38. The largest absolute Gasteiger partial charge is 0.354 e. The number of nitrogens with one attached hydrogen (secondary N) is 2. The number of aromatic nitrogens is 1. The van der Waals surface area contributed by atoms with Crippen LogP contribution >= 0.6 is 0 Å². The highest BCUT2D eigenvalue weighted by molar-refractivity contribution is 5.96. The SMILES string of the molecule is O=C(CNC(=O)c1cccnc1)NCCc1ccc(F)cc1. The van der Waals surface area contributed by atoms with E-state index in [4.69, 9.17) is 0 Å². The first-order valence-corrected chi connectivity index (χ1v) is 6.84. The lowest BCUT2D eigenvalue weighted by Crippen LogP contribution is -2.37. The number of hydrogen-bond donors (Lipinski definition) is 2. The quantitative estimate of drug-likeness (QED) is 0.845. The van der Waals surface area contributed by atoms with Gasteiger partial charge in [0.05, 0.1) is 12.1 Å². The number of nitrogens with zero attached hydrogens (tertiary/aromatic N) is 1. The number of halogens is 1. The fourth-order valence-corrected chi connectivity index (χ4v) is 1.82. The Morgan fingerprint density at radius 3 is 2.55 bits per heavy atom. The number of carbonyl (C=O) groups excluding carboxylic acids is 2. The second kappa shape index (κ2) is 7.87. The van der Waals surface area contributed by atoms with Crippen molar-refractivity contribution in [2.24, 2.45) is 0 Å². The van der Waals surface area contributed by atoms with Crippen LogP contribution in [0.5, 0.6) is 0 Å². The topological polar surface area (TPSA) is 71.1 Å². The summed E-state index contributed by atoms with van der Waals surface area (Å²) in [5.41, 5.74) is 1.34. The van der Waals surface area contributed by atoms with Crippen LogP contribution in [0.1, 0.15) is 15.9 Å². The van der Waals surface area contributed by atoms with E-state index >= 15 is 0 Å². The summed E-state index contributed by atoms with van der Waals surface area (Å²) in [6.45, 7) is 0.324. The first-order valence-electron chi connectivity index (χ1n) is 6.84. The van der Waals surface area contributed by atoms with Crippen molar-refractivity contribution in [3.05, 3.63) is 65.7 Å². The Bertz CT molecular complexity index is 630. The normalized spacial score (nSPS) is 10.0. The third kappa shape index (κ3) is 4.97. The van der Waals surface area contributed by atoms with E-state index in [1.54, 1.807) is 30.5 Å². The predicted octanol–water partition coefficient (Wildman–Crippen LogP) is 1.31. The summed E-state index contributed by atoms with van der Waals surface area (Å²) in [5.74, 6) is -0.910. The van der Waals surface area contributed by atoms with Gasteiger partial charge in [-0.2, -0.15) is 0 Å². The highest BCUT2D eigenvalue weighted by Gasteiger charge is 2.07. The fourth-order valence-electron chi connectivity index (χ4n) is 1.82. The molecule has 0 spiro atoms. The maximum atomic E-state index is 12.7. The van der Waals surface area contributed by atoms with E-state index in [1.807, 2.05) is 0 Å². The van der Waals surface area contributed by atoms with Gasteiger partial charge in [-0.25, -0.2) is 4.39 Å². The Balaban J connectivity index is 1.68. The van der Waals surface area contributed by atoms with Crippen LogP contribution in [0.3, 0.4) is 0 Å². The van der Waals surface area contributed by atoms with Crippen LogP contribution in [0.2, 0.25) is 0 Å². The molecule has 0 saturated carbocycles. The van der Waals surface area contributed by atoms with Gasteiger partial charge in [0.25, 0.3) is 5.91 Å². The molecule has 2 rings (SSSR count).